The number of methoxy groups -OCH3 is 2. The van der Waals surface area contributed by atoms with E-state index in [0.29, 0.717) is 35.7 Å². The third-order valence-electron chi connectivity index (χ3n) is 5.09. The number of aromatic nitrogens is 3. The molecule has 0 saturated heterocycles. The Balaban J connectivity index is 1.87. The number of nitrogens with zero attached hydrogens (tertiary/aromatic N) is 3. The van der Waals surface area contributed by atoms with Crippen LogP contribution in [-0.4, -0.2) is 47.5 Å². The number of hydrogen-bond acceptors (Lipinski definition) is 7. The van der Waals surface area contributed by atoms with Crippen molar-refractivity contribution < 1.29 is 23.0 Å². The van der Waals surface area contributed by atoms with Crippen LogP contribution in [0.4, 0.5) is 8.78 Å². The monoisotopic (exact) mass is 504 g/mol. The summed E-state index contributed by atoms with van der Waals surface area (Å²) >= 11 is 1.20. The van der Waals surface area contributed by atoms with Gasteiger partial charge in [-0.3, -0.25) is 9.59 Å². The lowest BCUT2D eigenvalue weighted by Gasteiger charge is -2.12. The molecule has 0 atom stereocenters. The summed E-state index contributed by atoms with van der Waals surface area (Å²) in [6.45, 7) is 0.237. The second kappa shape index (κ2) is 12.3. The number of benzene rings is 1. The van der Waals surface area contributed by atoms with Crippen LogP contribution in [0.25, 0.3) is 11.3 Å². The van der Waals surface area contributed by atoms with Crippen molar-refractivity contribution in [2.75, 3.05) is 27.0 Å². The molecule has 11 heteroatoms. The van der Waals surface area contributed by atoms with Crippen LogP contribution in [0.1, 0.15) is 30.5 Å². The number of amides is 1. The van der Waals surface area contributed by atoms with Crippen molar-refractivity contribution in [1.29, 1.82) is 0 Å². The molecule has 0 aliphatic rings. The minimum absolute atomic E-state index is 0.0923. The lowest BCUT2D eigenvalue weighted by atomic mass is 10.1. The zero-order chi connectivity index (χ0) is 25.4. The molecule has 2 aromatic heterocycles. The molecule has 1 N–H and O–H groups in total. The molecule has 1 aromatic carbocycles. The second-order valence-corrected chi connectivity index (χ2v) is 8.52. The second-order valence-electron chi connectivity index (χ2n) is 7.46. The first kappa shape index (κ1) is 26.1. The first-order valence-electron chi connectivity index (χ1n) is 10.8. The maximum absolute atomic E-state index is 13.5. The lowest BCUT2D eigenvalue weighted by Crippen LogP contribution is -2.19. The summed E-state index contributed by atoms with van der Waals surface area (Å²) < 4.78 is 39.1. The number of pyridine rings is 1. The van der Waals surface area contributed by atoms with Gasteiger partial charge in [-0.25, -0.2) is 18.7 Å². The number of nitrogens with one attached hydrogen (secondary N) is 1. The standard InChI is InChI=1S/C24H26F2N4O4S/c1-27-21(31)5-4-10-35-24-28-17(12-18(29-24)23(25)26)16-7-9-22(32)30(14-16)13-15-6-8-19(33-2)20(11-15)34-3/h6-9,11-12,14,23H,4-5,10,13H2,1-3H3,(H,27,31). The molecule has 0 radical (unpaired) electrons. The number of ether oxygens (including phenoxy) is 2. The molecular formula is C24H26F2N4O4S. The Hall–Kier alpha value is -3.47. The number of hydrogen-bond donors (Lipinski definition) is 1. The molecule has 0 spiro atoms. The Labute approximate surface area is 205 Å². The van der Waals surface area contributed by atoms with E-state index >= 15 is 0 Å². The molecule has 0 aliphatic carbocycles. The van der Waals surface area contributed by atoms with Gasteiger partial charge in [-0.2, -0.15) is 0 Å². The molecule has 1 amide bonds. The van der Waals surface area contributed by atoms with Gasteiger partial charge in [-0.05, 0) is 36.2 Å². The predicted octanol–water partition coefficient (Wildman–Crippen LogP) is 3.93. The Bertz CT molecular complexity index is 1240. The summed E-state index contributed by atoms with van der Waals surface area (Å²) in [5.41, 5.74) is 0.925. The average molecular weight is 505 g/mol. The number of carbonyl (C=O) groups is 1. The van der Waals surface area contributed by atoms with Gasteiger partial charge in [0.15, 0.2) is 16.7 Å². The minimum Gasteiger partial charge on any atom is -0.493 e. The van der Waals surface area contributed by atoms with Crippen LogP contribution < -0.4 is 20.3 Å². The van der Waals surface area contributed by atoms with Crippen molar-refractivity contribution in [3.63, 3.8) is 0 Å². The molecule has 186 valence electrons. The van der Waals surface area contributed by atoms with E-state index in [9.17, 15) is 18.4 Å². The van der Waals surface area contributed by atoms with Crippen molar-refractivity contribution in [2.45, 2.75) is 31.0 Å². The molecule has 0 saturated carbocycles. The van der Waals surface area contributed by atoms with Crippen molar-refractivity contribution in [2.24, 2.45) is 0 Å². The fourth-order valence-electron chi connectivity index (χ4n) is 3.27. The molecule has 2 heterocycles. The average Bonchev–Trinajstić information content (AvgIpc) is 2.87. The van der Waals surface area contributed by atoms with E-state index < -0.39 is 12.1 Å². The summed E-state index contributed by atoms with van der Waals surface area (Å²) in [5.74, 6) is 1.51. The van der Waals surface area contributed by atoms with Gasteiger partial charge in [0.25, 0.3) is 12.0 Å². The third kappa shape index (κ3) is 7.01. The molecule has 3 rings (SSSR count). The number of alkyl halides is 2. The maximum atomic E-state index is 13.5. The molecule has 0 unspecified atom stereocenters. The number of rotatable bonds is 11. The van der Waals surface area contributed by atoms with Crippen molar-refractivity contribution in [3.8, 4) is 22.8 Å². The van der Waals surface area contributed by atoms with Crippen LogP contribution in [0.2, 0.25) is 0 Å². The van der Waals surface area contributed by atoms with Crippen LogP contribution in [0.15, 0.2) is 52.5 Å². The van der Waals surface area contributed by atoms with Crippen LogP contribution in [-0.2, 0) is 11.3 Å². The summed E-state index contributed by atoms with van der Waals surface area (Å²) in [6, 6.07) is 9.47. The Kier molecular flexibility index (Phi) is 9.18. The van der Waals surface area contributed by atoms with E-state index in [1.807, 2.05) is 6.07 Å². The molecule has 0 bridgehead atoms. The lowest BCUT2D eigenvalue weighted by molar-refractivity contribution is -0.120. The van der Waals surface area contributed by atoms with Gasteiger partial charge in [-0.1, -0.05) is 17.8 Å². The minimum atomic E-state index is -2.78. The van der Waals surface area contributed by atoms with E-state index in [0.717, 1.165) is 5.56 Å². The van der Waals surface area contributed by atoms with E-state index in [1.54, 1.807) is 31.4 Å². The van der Waals surface area contributed by atoms with Gasteiger partial charge >= 0.3 is 0 Å². The van der Waals surface area contributed by atoms with Crippen LogP contribution in [0, 0.1) is 0 Å². The molecule has 0 aliphatic heterocycles. The van der Waals surface area contributed by atoms with E-state index in [4.69, 9.17) is 9.47 Å². The highest BCUT2D eigenvalue weighted by atomic mass is 32.2. The first-order chi connectivity index (χ1) is 16.8. The van der Waals surface area contributed by atoms with Gasteiger partial charge in [0, 0.05) is 37.0 Å². The van der Waals surface area contributed by atoms with Crippen molar-refractivity contribution >= 4 is 17.7 Å². The van der Waals surface area contributed by atoms with E-state index in [1.165, 1.54) is 42.7 Å². The van der Waals surface area contributed by atoms with Gasteiger partial charge in [0.1, 0.15) is 5.69 Å². The number of halogens is 2. The quantitative estimate of drug-likeness (QED) is 0.240. The normalized spacial score (nSPS) is 10.9. The van der Waals surface area contributed by atoms with Gasteiger partial charge in [-0.15, -0.1) is 0 Å². The van der Waals surface area contributed by atoms with Crippen molar-refractivity contribution in [3.05, 3.63) is 64.2 Å². The van der Waals surface area contributed by atoms with Crippen LogP contribution in [0.3, 0.4) is 0 Å². The van der Waals surface area contributed by atoms with Crippen molar-refractivity contribution in [1.82, 2.24) is 19.9 Å². The van der Waals surface area contributed by atoms with Gasteiger partial charge in [0.2, 0.25) is 5.91 Å². The molecule has 0 fully saturated rings. The zero-order valence-electron chi connectivity index (χ0n) is 19.6. The first-order valence-corrected chi connectivity index (χ1v) is 11.8. The zero-order valence-corrected chi connectivity index (χ0v) is 20.4. The fraction of sp³-hybridized carbons (Fsp3) is 0.333. The summed E-state index contributed by atoms with van der Waals surface area (Å²) in [4.78, 5) is 32.2. The molecule has 8 nitrogen and oxygen atoms in total. The summed E-state index contributed by atoms with van der Waals surface area (Å²) in [6.07, 6.45) is -0.319. The maximum Gasteiger partial charge on any atom is 0.280 e. The van der Waals surface area contributed by atoms with E-state index in [-0.39, 0.29) is 28.9 Å². The summed E-state index contributed by atoms with van der Waals surface area (Å²) in [5, 5.41) is 2.73. The molecule has 3 aromatic rings. The smallest absolute Gasteiger partial charge is 0.280 e. The number of carbonyl (C=O) groups excluding carboxylic acids is 1. The van der Waals surface area contributed by atoms with Crippen LogP contribution in [0.5, 0.6) is 11.5 Å². The molecule has 35 heavy (non-hydrogen) atoms. The fourth-order valence-corrected chi connectivity index (χ4v) is 4.07. The Morgan fingerprint density at radius 3 is 2.57 bits per heavy atom. The Morgan fingerprint density at radius 2 is 1.89 bits per heavy atom. The highest BCUT2D eigenvalue weighted by Gasteiger charge is 2.15. The topological polar surface area (TPSA) is 95.3 Å². The van der Waals surface area contributed by atoms with E-state index in [2.05, 4.69) is 15.3 Å². The summed E-state index contributed by atoms with van der Waals surface area (Å²) in [7, 11) is 4.62. The largest absolute Gasteiger partial charge is 0.493 e. The highest BCUT2D eigenvalue weighted by Crippen LogP contribution is 2.29. The predicted molar refractivity (Wildman–Crippen MR) is 129 cm³/mol. The van der Waals surface area contributed by atoms with Crippen LogP contribution >= 0.6 is 11.8 Å². The third-order valence-corrected chi connectivity index (χ3v) is 6.02. The van der Waals surface area contributed by atoms with Gasteiger partial charge < -0.3 is 19.4 Å². The molecular weight excluding hydrogens is 478 g/mol. The SMILES string of the molecule is CNC(=O)CCCSc1nc(-c2ccc(=O)n(Cc3ccc(OC)c(OC)c3)c2)cc(C(F)F)n1. The Morgan fingerprint density at radius 1 is 1.11 bits per heavy atom. The van der Waals surface area contributed by atoms with Gasteiger partial charge in [0.05, 0.1) is 26.5 Å². The number of thioether (sulfide) groups is 1. The highest BCUT2D eigenvalue weighted by molar-refractivity contribution is 7.99.